The number of nitrogens with zero attached hydrogens (tertiary/aromatic N) is 2. The molecule has 0 aromatic carbocycles. The lowest BCUT2D eigenvalue weighted by molar-refractivity contribution is 0.0685. The van der Waals surface area contributed by atoms with E-state index >= 15 is 0 Å². The van der Waals surface area contributed by atoms with Gasteiger partial charge in [0.05, 0.1) is 11.1 Å². The summed E-state index contributed by atoms with van der Waals surface area (Å²) in [7, 11) is 0. The average molecular weight is 329 g/mol. The Hall–Kier alpha value is -1.30. The van der Waals surface area contributed by atoms with Gasteiger partial charge in [0.1, 0.15) is 6.10 Å². The topological polar surface area (TPSA) is 51.7 Å². The van der Waals surface area contributed by atoms with Gasteiger partial charge in [-0.05, 0) is 35.0 Å². The highest BCUT2D eigenvalue weighted by molar-refractivity contribution is 9.10. The predicted molar refractivity (Wildman–Crippen MR) is 74.2 cm³/mol. The van der Waals surface area contributed by atoms with Crippen molar-refractivity contribution in [1.82, 2.24) is 9.88 Å². The molecule has 2 rings (SSSR count). The first-order valence-corrected chi connectivity index (χ1v) is 7.19. The molecule has 0 aliphatic carbocycles. The number of halogens is 1. The molecular formula is C13H17BrN2O3. The van der Waals surface area contributed by atoms with Gasteiger partial charge in [0, 0.05) is 32.1 Å². The quantitative estimate of drug-likeness (QED) is 0.856. The maximum absolute atomic E-state index is 11.6. The first-order valence-electron chi connectivity index (χ1n) is 6.39. The van der Waals surface area contributed by atoms with Crippen molar-refractivity contribution >= 4 is 22.0 Å². The van der Waals surface area contributed by atoms with Crippen molar-refractivity contribution in [2.24, 2.45) is 0 Å². The molecule has 19 heavy (non-hydrogen) atoms. The standard InChI is InChI=1S/C13H17BrN2O3/c1-2-18-13(17)16-8-5-10(6-9-16)19-12-11(14)4-3-7-15-12/h3-4,7,10H,2,5-6,8-9H2,1H3. The minimum atomic E-state index is -0.236. The maximum atomic E-state index is 11.6. The van der Waals surface area contributed by atoms with Crippen LogP contribution in [0, 0.1) is 0 Å². The smallest absolute Gasteiger partial charge is 0.409 e. The Bertz CT molecular complexity index is 434. The fraction of sp³-hybridized carbons (Fsp3) is 0.538. The van der Waals surface area contributed by atoms with E-state index in [4.69, 9.17) is 9.47 Å². The van der Waals surface area contributed by atoms with Gasteiger partial charge in [-0.3, -0.25) is 0 Å². The zero-order valence-corrected chi connectivity index (χ0v) is 12.4. The molecule has 1 aliphatic rings. The van der Waals surface area contributed by atoms with E-state index in [9.17, 15) is 4.79 Å². The number of ether oxygens (including phenoxy) is 2. The fourth-order valence-corrected chi connectivity index (χ4v) is 2.34. The summed E-state index contributed by atoms with van der Waals surface area (Å²) in [5.41, 5.74) is 0. The van der Waals surface area contributed by atoms with Gasteiger partial charge < -0.3 is 14.4 Å². The van der Waals surface area contributed by atoms with E-state index in [1.165, 1.54) is 0 Å². The molecule has 104 valence electrons. The van der Waals surface area contributed by atoms with E-state index in [0.29, 0.717) is 25.6 Å². The van der Waals surface area contributed by atoms with Gasteiger partial charge in [0.15, 0.2) is 0 Å². The molecule has 0 saturated carbocycles. The second-order valence-electron chi connectivity index (χ2n) is 4.29. The predicted octanol–water partition coefficient (Wildman–Crippen LogP) is 2.84. The summed E-state index contributed by atoms with van der Waals surface area (Å²) in [6.45, 7) is 3.55. The van der Waals surface area contributed by atoms with Crippen molar-refractivity contribution in [3.05, 3.63) is 22.8 Å². The second kappa shape index (κ2) is 6.75. The number of hydrogen-bond donors (Lipinski definition) is 0. The molecule has 0 N–H and O–H groups in total. The Balaban J connectivity index is 1.84. The van der Waals surface area contributed by atoms with E-state index in [-0.39, 0.29) is 12.2 Å². The van der Waals surface area contributed by atoms with Crippen molar-refractivity contribution in [2.75, 3.05) is 19.7 Å². The Kier molecular flexibility index (Phi) is 5.01. The lowest BCUT2D eigenvalue weighted by Gasteiger charge is -2.31. The third kappa shape index (κ3) is 3.83. The molecular weight excluding hydrogens is 312 g/mol. The molecule has 1 aromatic rings. The molecule has 2 heterocycles. The third-order valence-electron chi connectivity index (χ3n) is 2.97. The molecule has 1 saturated heterocycles. The number of likely N-dealkylation sites (tertiary alicyclic amines) is 1. The molecule has 0 spiro atoms. The summed E-state index contributed by atoms with van der Waals surface area (Å²) < 4.78 is 11.7. The van der Waals surface area contributed by atoms with Crippen LogP contribution in [0.1, 0.15) is 19.8 Å². The third-order valence-corrected chi connectivity index (χ3v) is 3.57. The minimum absolute atomic E-state index is 0.0943. The zero-order valence-electron chi connectivity index (χ0n) is 10.8. The van der Waals surface area contributed by atoms with Crippen molar-refractivity contribution in [3.8, 4) is 5.88 Å². The highest BCUT2D eigenvalue weighted by Crippen LogP contribution is 2.24. The molecule has 0 radical (unpaired) electrons. The van der Waals surface area contributed by atoms with Crippen LogP contribution in [-0.4, -0.2) is 41.8 Å². The van der Waals surface area contributed by atoms with Crippen LogP contribution in [0.5, 0.6) is 5.88 Å². The highest BCUT2D eigenvalue weighted by Gasteiger charge is 2.25. The molecule has 5 nitrogen and oxygen atoms in total. The lowest BCUT2D eigenvalue weighted by Crippen LogP contribution is -2.42. The lowest BCUT2D eigenvalue weighted by atomic mass is 10.1. The summed E-state index contributed by atoms with van der Waals surface area (Å²) in [6, 6.07) is 3.75. The largest absolute Gasteiger partial charge is 0.473 e. The van der Waals surface area contributed by atoms with Crippen LogP contribution in [0.15, 0.2) is 22.8 Å². The van der Waals surface area contributed by atoms with Crippen LogP contribution < -0.4 is 4.74 Å². The molecule has 1 aromatic heterocycles. The zero-order chi connectivity index (χ0) is 13.7. The molecule has 0 bridgehead atoms. The number of rotatable bonds is 3. The molecule has 1 aliphatic heterocycles. The van der Waals surface area contributed by atoms with Crippen LogP contribution in [-0.2, 0) is 4.74 Å². The Morgan fingerprint density at radius 1 is 1.53 bits per heavy atom. The average Bonchev–Trinajstić information content (AvgIpc) is 2.42. The first kappa shape index (κ1) is 14.1. The summed E-state index contributed by atoms with van der Waals surface area (Å²) in [5, 5.41) is 0. The first-order chi connectivity index (χ1) is 9.20. The van der Waals surface area contributed by atoms with E-state index in [1.54, 1.807) is 11.1 Å². The van der Waals surface area contributed by atoms with Gasteiger partial charge in [-0.2, -0.15) is 0 Å². The molecule has 1 fully saturated rings. The van der Waals surface area contributed by atoms with Crippen LogP contribution in [0.25, 0.3) is 0 Å². The summed E-state index contributed by atoms with van der Waals surface area (Å²) in [6.07, 6.45) is 3.15. The van der Waals surface area contributed by atoms with Gasteiger partial charge in [0.2, 0.25) is 5.88 Å². The minimum Gasteiger partial charge on any atom is -0.473 e. The number of hydrogen-bond acceptors (Lipinski definition) is 4. The Morgan fingerprint density at radius 3 is 2.89 bits per heavy atom. The highest BCUT2D eigenvalue weighted by atomic mass is 79.9. The van der Waals surface area contributed by atoms with Gasteiger partial charge in [-0.25, -0.2) is 9.78 Å². The van der Waals surface area contributed by atoms with Crippen LogP contribution in [0.3, 0.4) is 0 Å². The molecule has 6 heteroatoms. The summed E-state index contributed by atoms with van der Waals surface area (Å²) in [5.74, 6) is 0.608. The van der Waals surface area contributed by atoms with Gasteiger partial charge >= 0.3 is 6.09 Å². The summed E-state index contributed by atoms with van der Waals surface area (Å²) in [4.78, 5) is 17.5. The second-order valence-corrected chi connectivity index (χ2v) is 5.15. The van der Waals surface area contributed by atoms with E-state index in [1.807, 2.05) is 19.1 Å². The molecule has 0 unspecified atom stereocenters. The molecule has 0 atom stereocenters. The number of amides is 1. The van der Waals surface area contributed by atoms with E-state index in [0.717, 1.165) is 17.3 Å². The van der Waals surface area contributed by atoms with Crippen LogP contribution >= 0.6 is 15.9 Å². The number of pyridine rings is 1. The van der Waals surface area contributed by atoms with Crippen molar-refractivity contribution in [3.63, 3.8) is 0 Å². The summed E-state index contributed by atoms with van der Waals surface area (Å²) >= 11 is 3.41. The monoisotopic (exact) mass is 328 g/mol. The number of piperidine rings is 1. The van der Waals surface area contributed by atoms with Gasteiger partial charge in [0.25, 0.3) is 0 Å². The Labute approximate surface area is 121 Å². The van der Waals surface area contributed by atoms with Crippen molar-refractivity contribution in [1.29, 1.82) is 0 Å². The van der Waals surface area contributed by atoms with Gasteiger partial charge in [-0.15, -0.1) is 0 Å². The molecule has 1 amide bonds. The normalized spacial score (nSPS) is 16.2. The van der Waals surface area contributed by atoms with Crippen LogP contribution in [0.2, 0.25) is 0 Å². The van der Waals surface area contributed by atoms with Gasteiger partial charge in [-0.1, -0.05) is 0 Å². The van der Waals surface area contributed by atoms with Crippen molar-refractivity contribution in [2.45, 2.75) is 25.9 Å². The number of carbonyl (C=O) groups excluding carboxylic acids is 1. The van der Waals surface area contributed by atoms with E-state index < -0.39 is 0 Å². The number of carbonyl (C=O) groups is 1. The fourth-order valence-electron chi connectivity index (χ4n) is 1.99. The van der Waals surface area contributed by atoms with E-state index in [2.05, 4.69) is 20.9 Å². The van der Waals surface area contributed by atoms with Crippen LogP contribution in [0.4, 0.5) is 4.79 Å². The Morgan fingerprint density at radius 2 is 2.26 bits per heavy atom. The number of aromatic nitrogens is 1. The van der Waals surface area contributed by atoms with Crippen molar-refractivity contribution < 1.29 is 14.3 Å². The SMILES string of the molecule is CCOC(=O)N1CCC(Oc2ncccc2Br)CC1. The maximum Gasteiger partial charge on any atom is 0.409 e.